The Balaban J connectivity index is 1.34. The van der Waals surface area contributed by atoms with Gasteiger partial charge in [0.15, 0.2) is 0 Å². The van der Waals surface area contributed by atoms with E-state index in [0.717, 1.165) is 51.3 Å². The number of aryl methyl sites for hydroxylation is 2. The van der Waals surface area contributed by atoms with Crippen LogP contribution in [0.2, 0.25) is 0 Å². The van der Waals surface area contributed by atoms with Crippen molar-refractivity contribution in [1.82, 2.24) is 20.2 Å². The van der Waals surface area contributed by atoms with Crippen molar-refractivity contribution in [3.05, 3.63) is 93.2 Å². The van der Waals surface area contributed by atoms with E-state index in [1.165, 1.54) is 23.0 Å². The molecule has 1 saturated heterocycles. The quantitative estimate of drug-likeness (QED) is 0.335. The van der Waals surface area contributed by atoms with Gasteiger partial charge in [0.25, 0.3) is 5.56 Å². The van der Waals surface area contributed by atoms with Gasteiger partial charge in [-0.25, -0.2) is 4.98 Å². The van der Waals surface area contributed by atoms with Crippen molar-refractivity contribution in [3.63, 3.8) is 0 Å². The van der Waals surface area contributed by atoms with Gasteiger partial charge < -0.3 is 20.1 Å². The lowest BCUT2D eigenvalue weighted by molar-refractivity contribution is 0.0342. The number of rotatable bonds is 12. The molecule has 0 amide bonds. The first-order valence-corrected chi connectivity index (χ1v) is 12.6. The predicted molar refractivity (Wildman–Crippen MR) is 138 cm³/mol. The summed E-state index contributed by atoms with van der Waals surface area (Å²) in [6, 6.07) is 17.0. The molecule has 8 heteroatoms. The molecule has 2 aromatic carbocycles. The molecule has 3 N–H and O–H groups in total. The number of hydrogen-bond acceptors (Lipinski definition) is 6. The molecule has 7 nitrogen and oxygen atoms in total. The van der Waals surface area contributed by atoms with Crippen molar-refractivity contribution in [2.45, 2.75) is 38.3 Å². The minimum Gasteiger partial charge on any atom is -0.502 e. The second-order valence-corrected chi connectivity index (χ2v) is 9.23. The molecular weight excluding hydrogens is 459 g/mol. The summed E-state index contributed by atoms with van der Waals surface area (Å²) in [7, 11) is 0. The molecule has 0 bridgehead atoms. The van der Waals surface area contributed by atoms with Crippen LogP contribution in [-0.4, -0.2) is 59.5 Å². The van der Waals surface area contributed by atoms with Gasteiger partial charge in [0.2, 0.25) is 5.75 Å². The van der Waals surface area contributed by atoms with Crippen LogP contribution in [0.1, 0.15) is 40.4 Å². The number of H-pyrrole nitrogens is 1. The average molecular weight is 495 g/mol. The standard InChI is InChI=1S/C28H35FN4O3/c29-12-1-13-30-25(18-26-27(34)28(35)32-20-31-26)24-10-8-22(9-11-24)3-2-21-4-6-23(7-5-21)19-33-14-16-36-17-15-33/h4-11,20,25,30,34H,1-3,12-19H2,(H,31,32,35). The third-order valence-electron chi connectivity index (χ3n) is 6.62. The molecule has 36 heavy (non-hydrogen) atoms. The summed E-state index contributed by atoms with van der Waals surface area (Å²) in [5.74, 6) is -0.373. The topological polar surface area (TPSA) is 90.5 Å². The van der Waals surface area contributed by atoms with E-state index in [1.54, 1.807) is 0 Å². The van der Waals surface area contributed by atoms with E-state index in [0.29, 0.717) is 25.1 Å². The monoisotopic (exact) mass is 494 g/mol. The van der Waals surface area contributed by atoms with Crippen molar-refractivity contribution in [2.24, 2.45) is 0 Å². The largest absolute Gasteiger partial charge is 0.502 e. The van der Waals surface area contributed by atoms with E-state index in [-0.39, 0.29) is 11.8 Å². The highest BCUT2D eigenvalue weighted by Crippen LogP contribution is 2.22. The van der Waals surface area contributed by atoms with Crippen LogP contribution in [0, 0.1) is 0 Å². The van der Waals surface area contributed by atoms with Gasteiger partial charge in [-0.1, -0.05) is 48.5 Å². The van der Waals surface area contributed by atoms with Gasteiger partial charge in [0, 0.05) is 32.1 Å². The zero-order chi connectivity index (χ0) is 25.2. The molecular formula is C28H35FN4O3. The van der Waals surface area contributed by atoms with E-state index >= 15 is 0 Å². The third-order valence-corrected chi connectivity index (χ3v) is 6.62. The summed E-state index contributed by atoms with van der Waals surface area (Å²) in [4.78, 5) is 20.7. The van der Waals surface area contributed by atoms with Crippen molar-refractivity contribution >= 4 is 0 Å². The minimum absolute atomic E-state index is 0.190. The second-order valence-electron chi connectivity index (χ2n) is 9.23. The van der Waals surface area contributed by atoms with Crippen LogP contribution in [0.3, 0.4) is 0 Å². The molecule has 0 saturated carbocycles. The smallest absolute Gasteiger partial charge is 0.293 e. The van der Waals surface area contributed by atoms with Gasteiger partial charge in [-0.15, -0.1) is 0 Å². The normalized spacial score (nSPS) is 15.1. The van der Waals surface area contributed by atoms with Gasteiger partial charge >= 0.3 is 0 Å². The molecule has 1 fully saturated rings. The molecule has 192 valence electrons. The first-order chi connectivity index (χ1) is 17.6. The molecule has 0 radical (unpaired) electrons. The van der Waals surface area contributed by atoms with E-state index in [1.807, 2.05) is 0 Å². The van der Waals surface area contributed by atoms with Crippen molar-refractivity contribution in [3.8, 4) is 5.75 Å². The first kappa shape index (κ1) is 26.0. The number of aromatic amines is 1. The van der Waals surface area contributed by atoms with Crippen LogP contribution < -0.4 is 10.9 Å². The Morgan fingerprint density at radius 3 is 2.33 bits per heavy atom. The molecule has 1 aliphatic heterocycles. The highest BCUT2D eigenvalue weighted by atomic mass is 19.1. The second kappa shape index (κ2) is 13.3. The zero-order valence-corrected chi connectivity index (χ0v) is 20.6. The third kappa shape index (κ3) is 7.46. The number of benzene rings is 2. The Bertz CT molecular complexity index is 1130. The Kier molecular flexibility index (Phi) is 9.61. The number of halogens is 1. The lowest BCUT2D eigenvalue weighted by Gasteiger charge is -2.26. The van der Waals surface area contributed by atoms with E-state index in [9.17, 15) is 14.3 Å². The van der Waals surface area contributed by atoms with E-state index < -0.39 is 12.2 Å². The Morgan fingerprint density at radius 1 is 1.03 bits per heavy atom. The number of aromatic nitrogens is 2. The fourth-order valence-electron chi connectivity index (χ4n) is 4.46. The van der Waals surface area contributed by atoms with Crippen molar-refractivity contribution in [1.29, 1.82) is 0 Å². The van der Waals surface area contributed by atoms with Crippen molar-refractivity contribution < 1.29 is 14.2 Å². The molecule has 0 spiro atoms. The van der Waals surface area contributed by atoms with E-state index in [4.69, 9.17) is 4.74 Å². The average Bonchev–Trinajstić information content (AvgIpc) is 2.91. The summed E-state index contributed by atoms with van der Waals surface area (Å²) in [5, 5.41) is 13.4. The number of nitrogens with one attached hydrogen (secondary N) is 2. The fraction of sp³-hybridized carbons (Fsp3) is 0.429. The number of morpholine rings is 1. The van der Waals surface area contributed by atoms with Crippen LogP contribution in [0.25, 0.3) is 0 Å². The number of aromatic hydroxyl groups is 1. The number of ether oxygens (including phenoxy) is 1. The van der Waals surface area contributed by atoms with Gasteiger partial charge in [-0.2, -0.15) is 0 Å². The predicted octanol–water partition coefficient (Wildman–Crippen LogP) is 3.33. The zero-order valence-electron chi connectivity index (χ0n) is 20.6. The Labute approximate surface area is 211 Å². The first-order valence-electron chi connectivity index (χ1n) is 12.6. The van der Waals surface area contributed by atoms with Gasteiger partial charge in [0.05, 0.1) is 31.9 Å². The maximum Gasteiger partial charge on any atom is 0.293 e. The highest BCUT2D eigenvalue weighted by molar-refractivity contribution is 5.30. The molecule has 3 aromatic rings. The molecule has 1 unspecified atom stereocenters. The van der Waals surface area contributed by atoms with Crippen molar-refractivity contribution in [2.75, 3.05) is 39.5 Å². The van der Waals surface area contributed by atoms with Crippen LogP contribution in [0.15, 0.2) is 59.7 Å². The van der Waals surface area contributed by atoms with Gasteiger partial charge in [-0.05, 0) is 48.1 Å². The summed E-state index contributed by atoms with van der Waals surface area (Å²) in [6.07, 6.45) is 3.90. The SMILES string of the molecule is O=c1[nH]cnc(CC(NCCCF)c2ccc(CCc3ccc(CN4CCOCC4)cc3)cc2)c1O. The Hall–Kier alpha value is -3.07. The number of hydrogen-bond donors (Lipinski definition) is 3. The summed E-state index contributed by atoms with van der Waals surface area (Å²) in [6.45, 7) is 4.68. The minimum atomic E-state index is -0.563. The summed E-state index contributed by atoms with van der Waals surface area (Å²) >= 11 is 0. The Morgan fingerprint density at radius 2 is 1.67 bits per heavy atom. The summed E-state index contributed by atoms with van der Waals surface area (Å²) < 4.78 is 18.1. The molecule has 1 aromatic heterocycles. The maximum atomic E-state index is 12.7. The van der Waals surface area contributed by atoms with Gasteiger partial charge in [-0.3, -0.25) is 14.1 Å². The number of nitrogens with zero attached hydrogens (tertiary/aromatic N) is 2. The molecule has 1 atom stereocenters. The van der Waals surface area contributed by atoms with Crippen LogP contribution >= 0.6 is 0 Å². The summed E-state index contributed by atoms with van der Waals surface area (Å²) in [5.41, 5.74) is 4.63. The van der Waals surface area contributed by atoms with Crippen LogP contribution in [0.4, 0.5) is 4.39 Å². The molecule has 4 rings (SSSR count). The maximum absolute atomic E-state index is 12.7. The van der Waals surface area contributed by atoms with Crippen LogP contribution in [0.5, 0.6) is 5.75 Å². The lowest BCUT2D eigenvalue weighted by atomic mass is 9.97. The molecule has 2 heterocycles. The van der Waals surface area contributed by atoms with Gasteiger partial charge in [0.1, 0.15) is 0 Å². The fourth-order valence-corrected chi connectivity index (χ4v) is 4.46. The lowest BCUT2D eigenvalue weighted by Crippen LogP contribution is -2.35. The molecule has 0 aliphatic carbocycles. The van der Waals surface area contributed by atoms with E-state index in [2.05, 4.69) is 68.7 Å². The van der Waals surface area contributed by atoms with Crippen LogP contribution in [-0.2, 0) is 30.5 Å². The molecule has 1 aliphatic rings. The highest BCUT2D eigenvalue weighted by Gasteiger charge is 2.17. The number of alkyl halides is 1.